The molecule has 1 atom stereocenters. The van der Waals surface area contributed by atoms with Crippen molar-refractivity contribution < 1.29 is 14.3 Å². The lowest BCUT2D eigenvalue weighted by atomic mass is 9.86. The first-order valence-electron chi connectivity index (χ1n) is 11.6. The summed E-state index contributed by atoms with van der Waals surface area (Å²) in [7, 11) is 0. The summed E-state index contributed by atoms with van der Waals surface area (Å²) in [6.45, 7) is 11.7. The van der Waals surface area contributed by atoms with Crippen LogP contribution < -0.4 is 0 Å². The highest BCUT2D eigenvalue weighted by Crippen LogP contribution is 2.32. The van der Waals surface area contributed by atoms with E-state index in [0.29, 0.717) is 13.0 Å². The summed E-state index contributed by atoms with van der Waals surface area (Å²) in [5.74, 6) is -0.108. The molecule has 2 aromatic rings. The summed E-state index contributed by atoms with van der Waals surface area (Å²) in [4.78, 5) is 14.0. The van der Waals surface area contributed by atoms with E-state index < -0.39 is 0 Å². The number of carbonyl (C=O) groups excluding carboxylic acids is 1. The maximum absolute atomic E-state index is 11.6. The summed E-state index contributed by atoms with van der Waals surface area (Å²) in [5.41, 5.74) is 3.86. The van der Waals surface area contributed by atoms with E-state index in [1.165, 1.54) is 16.7 Å². The zero-order valence-electron chi connectivity index (χ0n) is 19.9. The summed E-state index contributed by atoms with van der Waals surface area (Å²) < 4.78 is 11.7. The van der Waals surface area contributed by atoms with Crippen LogP contribution in [0.25, 0.3) is 0 Å². The Balaban J connectivity index is 0.00000363. The second kappa shape index (κ2) is 12.4. The van der Waals surface area contributed by atoms with Crippen LogP contribution in [0.15, 0.2) is 54.6 Å². The molecule has 1 fully saturated rings. The van der Waals surface area contributed by atoms with E-state index in [-0.39, 0.29) is 36.0 Å². The molecule has 0 spiro atoms. The van der Waals surface area contributed by atoms with Crippen LogP contribution in [0.2, 0.25) is 0 Å². The predicted octanol–water partition coefficient (Wildman–Crippen LogP) is 5.93. The first-order valence-corrected chi connectivity index (χ1v) is 11.6. The smallest absolute Gasteiger partial charge is 0.307 e. The minimum Gasteiger partial charge on any atom is -0.466 e. The molecule has 1 aliphatic rings. The Morgan fingerprint density at radius 1 is 1.00 bits per heavy atom. The Labute approximate surface area is 199 Å². The van der Waals surface area contributed by atoms with Crippen molar-refractivity contribution in [3.05, 3.63) is 71.3 Å². The SMILES string of the molecule is CCOC(=O)CCN1CCC(OC(c2ccccc2)c2ccc(C(C)(C)C)cc2)CC1.Cl. The maximum Gasteiger partial charge on any atom is 0.307 e. The van der Waals surface area contributed by atoms with Gasteiger partial charge in [0, 0.05) is 19.6 Å². The van der Waals surface area contributed by atoms with Crippen LogP contribution in [0.4, 0.5) is 0 Å². The largest absolute Gasteiger partial charge is 0.466 e. The fourth-order valence-electron chi connectivity index (χ4n) is 4.08. The first kappa shape index (κ1) is 26.4. The van der Waals surface area contributed by atoms with E-state index in [2.05, 4.69) is 74.2 Å². The molecule has 0 aliphatic carbocycles. The second-order valence-electron chi connectivity index (χ2n) is 9.39. The first-order chi connectivity index (χ1) is 14.9. The van der Waals surface area contributed by atoms with E-state index >= 15 is 0 Å². The molecule has 2 aromatic carbocycles. The summed E-state index contributed by atoms with van der Waals surface area (Å²) in [5, 5.41) is 0. The molecule has 0 bridgehead atoms. The molecule has 5 heteroatoms. The van der Waals surface area contributed by atoms with Crippen LogP contribution in [-0.4, -0.2) is 43.2 Å². The number of likely N-dealkylation sites (tertiary alicyclic amines) is 1. The molecule has 176 valence electrons. The number of ether oxygens (including phenoxy) is 2. The summed E-state index contributed by atoms with van der Waals surface area (Å²) in [6, 6.07) is 19.4. The Bertz CT molecular complexity index is 809. The van der Waals surface area contributed by atoms with Crippen molar-refractivity contribution in [3.8, 4) is 0 Å². The number of rotatable bonds is 8. The van der Waals surface area contributed by atoms with Crippen LogP contribution in [0, 0.1) is 0 Å². The van der Waals surface area contributed by atoms with Gasteiger partial charge in [-0.25, -0.2) is 0 Å². The van der Waals surface area contributed by atoms with Gasteiger partial charge in [0.2, 0.25) is 0 Å². The summed E-state index contributed by atoms with van der Waals surface area (Å²) >= 11 is 0. The van der Waals surface area contributed by atoms with Gasteiger partial charge in [-0.2, -0.15) is 0 Å². The van der Waals surface area contributed by atoms with E-state index in [1.54, 1.807) is 0 Å². The Morgan fingerprint density at radius 3 is 2.16 bits per heavy atom. The number of hydrogen-bond donors (Lipinski definition) is 0. The highest BCUT2D eigenvalue weighted by molar-refractivity contribution is 5.85. The van der Waals surface area contributed by atoms with Crippen LogP contribution in [0.1, 0.15) is 69.8 Å². The van der Waals surface area contributed by atoms with Crippen molar-refractivity contribution >= 4 is 18.4 Å². The number of piperidine rings is 1. The topological polar surface area (TPSA) is 38.8 Å². The van der Waals surface area contributed by atoms with Gasteiger partial charge in [-0.15, -0.1) is 12.4 Å². The minimum absolute atomic E-state index is 0. The lowest BCUT2D eigenvalue weighted by Gasteiger charge is -2.34. The fraction of sp³-hybridized carbons (Fsp3) is 0.519. The average molecular weight is 460 g/mol. The molecule has 4 nitrogen and oxygen atoms in total. The van der Waals surface area contributed by atoms with Gasteiger partial charge < -0.3 is 14.4 Å². The molecule has 0 N–H and O–H groups in total. The molecule has 1 unspecified atom stereocenters. The molecular formula is C27H38ClNO3. The molecular weight excluding hydrogens is 422 g/mol. The number of benzene rings is 2. The van der Waals surface area contributed by atoms with E-state index in [0.717, 1.165) is 32.5 Å². The van der Waals surface area contributed by atoms with Crippen LogP contribution in [0.3, 0.4) is 0 Å². The van der Waals surface area contributed by atoms with Crippen molar-refractivity contribution in [2.24, 2.45) is 0 Å². The number of nitrogens with zero attached hydrogens (tertiary/aromatic N) is 1. The van der Waals surface area contributed by atoms with Gasteiger partial charge in [-0.1, -0.05) is 75.4 Å². The Hall–Kier alpha value is -1.88. The van der Waals surface area contributed by atoms with Crippen LogP contribution >= 0.6 is 12.4 Å². The van der Waals surface area contributed by atoms with Gasteiger partial charge in [-0.05, 0) is 41.9 Å². The van der Waals surface area contributed by atoms with Crippen molar-refractivity contribution in [1.29, 1.82) is 0 Å². The average Bonchev–Trinajstić information content (AvgIpc) is 2.77. The molecule has 3 rings (SSSR count). The number of esters is 1. The molecule has 0 saturated carbocycles. The molecule has 32 heavy (non-hydrogen) atoms. The van der Waals surface area contributed by atoms with Gasteiger partial charge in [0.15, 0.2) is 0 Å². The monoisotopic (exact) mass is 459 g/mol. The van der Waals surface area contributed by atoms with Crippen LogP contribution in [0.5, 0.6) is 0 Å². The molecule has 1 heterocycles. The highest BCUT2D eigenvalue weighted by Gasteiger charge is 2.25. The number of hydrogen-bond acceptors (Lipinski definition) is 4. The molecule has 0 aromatic heterocycles. The van der Waals surface area contributed by atoms with Crippen molar-refractivity contribution in [1.82, 2.24) is 4.90 Å². The third-order valence-corrected chi connectivity index (χ3v) is 5.98. The van der Waals surface area contributed by atoms with Gasteiger partial charge in [0.05, 0.1) is 19.1 Å². The van der Waals surface area contributed by atoms with E-state index in [9.17, 15) is 4.79 Å². The third kappa shape index (κ3) is 7.61. The van der Waals surface area contributed by atoms with Crippen molar-refractivity contribution in [2.75, 3.05) is 26.2 Å². The Morgan fingerprint density at radius 2 is 1.59 bits per heavy atom. The minimum atomic E-state index is -0.108. The van der Waals surface area contributed by atoms with Crippen molar-refractivity contribution in [2.45, 2.75) is 64.6 Å². The van der Waals surface area contributed by atoms with E-state index in [1.807, 2.05) is 13.0 Å². The maximum atomic E-state index is 11.6. The second-order valence-corrected chi connectivity index (χ2v) is 9.39. The standard InChI is InChI=1S/C27H37NO3.ClH/c1-5-30-25(29)17-20-28-18-15-24(16-19-28)31-26(21-9-7-6-8-10-21)22-11-13-23(14-12-22)27(2,3)4;/h6-14,24,26H,5,15-20H2,1-4H3;1H. The van der Waals surface area contributed by atoms with E-state index in [4.69, 9.17) is 9.47 Å². The lowest BCUT2D eigenvalue weighted by Crippen LogP contribution is -2.38. The summed E-state index contributed by atoms with van der Waals surface area (Å²) in [6.07, 6.45) is 2.57. The van der Waals surface area contributed by atoms with Crippen molar-refractivity contribution in [3.63, 3.8) is 0 Å². The van der Waals surface area contributed by atoms with Gasteiger partial charge in [-0.3, -0.25) is 4.79 Å². The Kier molecular flexibility index (Phi) is 10.2. The molecule has 1 aliphatic heterocycles. The molecule has 0 radical (unpaired) electrons. The molecule has 1 saturated heterocycles. The lowest BCUT2D eigenvalue weighted by molar-refractivity contribution is -0.143. The number of carbonyl (C=O) groups is 1. The molecule has 0 amide bonds. The van der Waals surface area contributed by atoms with Gasteiger partial charge in [0.25, 0.3) is 0 Å². The number of halogens is 1. The predicted molar refractivity (Wildman–Crippen MR) is 132 cm³/mol. The highest BCUT2D eigenvalue weighted by atomic mass is 35.5. The normalized spacial score (nSPS) is 16.2. The van der Waals surface area contributed by atoms with Crippen LogP contribution in [-0.2, 0) is 19.7 Å². The fourth-order valence-corrected chi connectivity index (χ4v) is 4.08. The quantitative estimate of drug-likeness (QED) is 0.458. The zero-order valence-corrected chi connectivity index (χ0v) is 20.7. The third-order valence-electron chi connectivity index (χ3n) is 5.98. The van der Waals surface area contributed by atoms with Gasteiger partial charge in [0.1, 0.15) is 6.10 Å². The van der Waals surface area contributed by atoms with Gasteiger partial charge >= 0.3 is 5.97 Å². The zero-order chi connectivity index (χ0) is 22.3.